The van der Waals surface area contributed by atoms with E-state index in [1.54, 1.807) is 6.07 Å². The summed E-state index contributed by atoms with van der Waals surface area (Å²) in [6.07, 6.45) is 1.05. The molecule has 5 heterocycles. The Hall–Kier alpha value is -5.61. The lowest BCUT2D eigenvalue weighted by atomic mass is 9.72. The zero-order valence-corrected chi connectivity index (χ0v) is 36.3. The van der Waals surface area contributed by atoms with Crippen LogP contribution in [0.4, 0.5) is 10.5 Å². The number of carbonyl (C=O) groups excluding carboxylic acids is 4. The summed E-state index contributed by atoms with van der Waals surface area (Å²) >= 11 is 3.72. The van der Waals surface area contributed by atoms with Gasteiger partial charge in [-0.3, -0.25) is 14.4 Å². The summed E-state index contributed by atoms with van der Waals surface area (Å²) in [5.74, 6) is -0.170. The molecule has 308 valence electrons. The Morgan fingerprint density at radius 2 is 1.86 bits per heavy atom. The van der Waals surface area contributed by atoms with Crippen molar-refractivity contribution in [2.75, 3.05) is 18.5 Å². The standard InChI is InChI=1S/C43H47BrN6O8Si/c1-22(2)33-40-49-36(39(53)45-16-15-25-21-46-34-26(25)9-7-12-32(34)56-23(3)51)37(58-40)43-27-10-8-11-29(44)35(27)50-41(43)57-31-14-13-24(19-28(31)43)20-30(38(52)48-33)47-42(54)55-17-18-59(4,5)6/h7-14,19,21-22,30,33,41,46,50H,15-18,20H2,1-6H3,(H,45,53)(H,47,54)(H,48,52)/t30-,33-,41+,43-/m0/s1. The number of hydrogen-bond donors (Lipinski definition) is 5. The minimum atomic E-state index is -1.47. The third-order valence-corrected chi connectivity index (χ3v) is 13.5. The molecule has 59 heavy (non-hydrogen) atoms. The van der Waals surface area contributed by atoms with E-state index in [-0.39, 0.29) is 42.8 Å². The number of benzene rings is 3. The van der Waals surface area contributed by atoms with Gasteiger partial charge in [0.2, 0.25) is 11.8 Å². The van der Waals surface area contributed by atoms with Gasteiger partial charge in [-0.1, -0.05) is 69.9 Å². The molecular formula is C43H47BrN6O8Si. The molecule has 3 amide bonds. The maximum absolute atomic E-state index is 14.6. The number of anilines is 1. The first-order valence-electron chi connectivity index (χ1n) is 19.8. The van der Waals surface area contributed by atoms with Gasteiger partial charge in [-0.15, -0.1) is 0 Å². The third kappa shape index (κ3) is 7.48. The van der Waals surface area contributed by atoms with E-state index >= 15 is 0 Å². The number of rotatable bonds is 10. The summed E-state index contributed by atoms with van der Waals surface area (Å²) < 4.78 is 25.3. The summed E-state index contributed by atoms with van der Waals surface area (Å²) in [6.45, 7) is 12.3. The van der Waals surface area contributed by atoms with Gasteiger partial charge in [0.15, 0.2) is 23.4 Å². The van der Waals surface area contributed by atoms with Gasteiger partial charge in [-0.2, -0.15) is 0 Å². The molecule has 3 aliphatic rings. The van der Waals surface area contributed by atoms with Crippen molar-refractivity contribution < 1.29 is 37.8 Å². The molecule has 8 rings (SSSR count). The van der Waals surface area contributed by atoms with Crippen LogP contribution in [0.15, 0.2) is 69.7 Å². The first-order valence-corrected chi connectivity index (χ1v) is 24.3. The molecular weight excluding hydrogens is 836 g/mol. The van der Waals surface area contributed by atoms with E-state index in [1.165, 1.54) is 6.92 Å². The van der Waals surface area contributed by atoms with Gasteiger partial charge in [0.1, 0.15) is 23.2 Å². The van der Waals surface area contributed by atoms with Gasteiger partial charge in [-0.25, -0.2) is 9.78 Å². The van der Waals surface area contributed by atoms with Crippen LogP contribution in [0.25, 0.3) is 10.9 Å². The molecule has 5 aromatic rings. The van der Waals surface area contributed by atoms with Crippen molar-refractivity contribution in [3.05, 3.63) is 105 Å². The van der Waals surface area contributed by atoms with E-state index in [0.29, 0.717) is 23.4 Å². The molecule has 14 nitrogen and oxygen atoms in total. The van der Waals surface area contributed by atoms with Crippen LogP contribution < -0.4 is 30.7 Å². The highest BCUT2D eigenvalue weighted by Crippen LogP contribution is 2.59. The molecule has 0 fully saturated rings. The van der Waals surface area contributed by atoms with Crippen molar-refractivity contribution in [2.24, 2.45) is 5.92 Å². The van der Waals surface area contributed by atoms with E-state index in [2.05, 4.69) is 61.8 Å². The second-order valence-corrected chi connectivity index (χ2v) is 23.3. The molecule has 0 radical (unpaired) electrons. The molecule has 3 aliphatic heterocycles. The Bertz CT molecular complexity index is 2490. The quantitative estimate of drug-likeness (QED) is 0.0551. The molecule has 0 unspecified atom stereocenters. The molecule has 0 saturated heterocycles. The predicted molar refractivity (Wildman–Crippen MR) is 227 cm³/mol. The van der Waals surface area contributed by atoms with Crippen LogP contribution in [0.1, 0.15) is 71.2 Å². The first-order chi connectivity index (χ1) is 28.1. The Kier molecular flexibility index (Phi) is 10.6. The first kappa shape index (κ1) is 40.2. The maximum Gasteiger partial charge on any atom is 0.407 e. The van der Waals surface area contributed by atoms with Crippen molar-refractivity contribution in [1.29, 1.82) is 0 Å². The molecule has 1 spiro atoms. The number of nitrogens with zero attached hydrogens (tertiary/aromatic N) is 1. The second-order valence-electron chi connectivity index (χ2n) is 16.8. The number of alkyl carbamates (subject to hydrolysis) is 1. The zero-order chi connectivity index (χ0) is 41.8. The number of ether oxygens (including phenoxy) is 3. The van der Waals surface area contributed by atoms with Crippen LogP contribution in [0.2, 0.25) is 25.7 Å². The lowest BCUT2D eigenvalue weighted by Gasteiger charge is -2.28. The molecule has 16 heteroatoms. The average Bonchev–Trinajstić information content (AvgIpc) is 3.93. The minimum absolute atomic E-state index is 0.0531. The predicted octanol–water partition coefficient (Wildman–Crippen LogP) is 7.10. The Balaban J connectivity index is 1.19. The number of oxazole rings is 1. The van der Waals surface area contributed by atoms with Crippen LogP contribution in [0, 0.1) is 5.92 Å². The number of halogens is 1. The Morgan fingerprint density at radius 1 is 1.07 bits per heavy atom. The summed E-state index contributed by atoms with van der Waals surface area (Å²) in [4.78, 5) is 61.8. The maximum atomic E-state index is 14.6. The molecule has 5 N–H and O–H groups in total. The topological polar surface area (TPSA) is 186 Å². The number of fused-ring (bicyclic) bond motifs is 5. The number of nitrogens with one attached hydrogen (secondary N) is 5. The highest BCUT2D eigenvalue weighted by atomic mass is 79.9. The van der Waals surface area contributed by atoms with Gasteiger partial charge in [0.25, 0.3) is 5.91 Å². The number of hydrogen-bond acceptors (Lipinski definition) is 10. The van der Waals surface area contributed by atoms with Crippen LogP contribution in [-0.4, -0.2) is 67.3 Å². The molecule has 4 atom stereocenters. The number of aromatic amines is 1. The number of amides is 3. The fraction of sp³-hybridized carbons (Fsp3) is 0.372. The number of para-hydroxylation sites is 2. The van der Waals surface area contributed by atoms with E-state index in [9.17, 15) is 19.2 Å². The van der Waals surface area contributed by atoms with E-state index in [0.717, 1.165) is 43.8 Å². The molecule has 4 bridgehead atoms. The van der Waals surface area contributed by atoms with Crippen molar-refractivity contribution in [2.45, 2.75) is 83.0 Å². The van der Waals surface area contributed by atoms with E-state index < -0.39 is 55.7 Å². The normalized spacial score (nSPS) is 20.3. The van der Waals surface area contributed by atoms with E-state index in [4.69, 9.17) is 23.6 Å². The lowest BCUT2D eigenvalue weighted by molar-refractivity contribution is -0.131. The van der Waals surface area contributed by atoms with Crippen molar-refractivity contribution in [3.63, 3.8) is 0 Å². The van der Waals surface area contributed by atoms with Crippen molar-refractivity contribution in [1.82, 2.24) is 25.9 Å². The fourth-order valence-electron chi connectivity index (χ4n) is 8.15. The van der Waals surface area contributed by atoms with Crippen molar-refractivity contribution in [3.8, 4) is 11.5 Å². The minimum Gasteiger partial charge on any atom is -0.469 e. The van der Waals surface area contributed by atoms with Crippen LogP contribution in [0.5, 0.6) is 11.5 Å². The largest absolute Gasteiger partial charge is 0.469 e. The van der Waals surface area contributed by atoms with Gasteiger partial charge >= 0.3 is 12.1 Å². The molecule has 2 aromatic heterocycles. The van der Waals surface area contributed by atoms with Crippen LogP contribution in [0.3, 0.4) is 0 Å². The molecule has 0 aliphatic carbocycles. The summed E-state index contributed by atoms with van der Waals surface area (Å²) in [6, 6.07) is 16.0. The molecule has 3 aromatic carbocycles. The number of carbonyl (C=O) groups is 4. The van der Waals surface area contributed by atoms with Crippen molar-refractivity contribution >= 4 is 64.5 Å². The molecule has 0 saturated carbocycles. The Morgan fingerprint density at radius 3 is 2.63 bits per heavy atom. The monoisotopic (exact) mass is 882 g/mol. The van der Waals surface area contributed by atoms with Gasteiger partial charge in [0, 0.05) is 55.1 Å². The van der Waals surface area contributed by atoms with Gasteiger partial charge in [-0.05, 0) is 63.6 Å². The fourth-order valence-corrected chi connectivity index (χ4v) is 9.35. The average molecular weight is 884 g/mol. The summed E-state index contributed by atoms with van der Waals surface area (Å²) in [5.41, 5.74) is 3.55. The number of esters is 1. The van der Waals surface area contributed by atoms with Gasteiger partial charge < -0.3 is 44.9 Å². The Labute approximate surface area is 350 Å². The SMILES string of the molecule is CC(=O)Oc1cccc2c(CCNC(=O)c3nc4oc3[C@]35c6cc(ccc6O[C@H]3Nc3c(Br)cccc35)C[C@H](NC(=O)OCC[Si](C)(C)C)C(=O)N[C@H]4C(C)C)c[nH]c12. The van der Waals surface area contributed by atoms with E-state index in [1.807, 2.05) is 68.6 Å². The van der Waals surface area contributed by atoms with Gasteiger partial charge in [0.05, 0.1) is 17.8 Å². The highest BCUT2D eigenvalue weighted by molar-refractivity contribution is 9.10. The number of H-pyrrole nitrogens is 1. The smallest absolute Gasteiger partial charge is 0.407 e. The summed E-state index contributed by atoms with van der Waals surface area (Å²) in [7, 11) is -1.47. The number of aromatic nitrogens is 2. The van der Waals surface area contributed by atoms with Crippen LogP contribution >= 0.6 is 15.9 Å². The van der Waals surface area contributed by atoms with Crippen LogP contribution in [-0.2, 0) is 32.6 Å². The lowest BCUT2D eigenvalue weighted by Crippen LogP contribution is -2.50. The highest BCUT2D eigenvalue weighted by Gasteiger charge is 2.61. The summed E-state index contributed by atoms with van der Waals surface area (Å²) in [5, 5.41) is 13.4. The second kappa shape index (κ2) is 15.5. The third-order valence-electron chi connectivity index (χ3n) is 11.1. The zero-order valence-electron chi connectivity index (χ0n) is 33.7.